The molecule has 1 saturated carbocycles. The average molecular weight is 334 g/mol. The minimum atomic E-state index is -0.796. The zero-order valence-electron chi connectivity index (χ0n) is 10.4. The van der Waals surface area contributed by atoms with E-state index in [0.717, 1.165) is 4.90 Å². The van der Waals surface area contributed by atoms with Crippen LogP contribution in [0.1, 0.15) is 12.8 Å². The summed E-state index contributed by atoms with van der Waals surface area (Å²) in [5.41, 5.74) is 0. The molecule has 20 heavy (non-hydrogen) atoms. The first-order valence-electron chi connectivity index (χ1n) is 6.05. The van der Waals surface area contributed by atoms with Crippen molar-refractivity contribution < 1.29 is 14.7 Å². The Balaban J connectivity index is 1.76. The molecule has 0 aromatic heterocycles. The topological polar surface area (TPSA) is 66.4 Å². The molecular weight excluding hydrogens is 321 g/mol. The number of carbonyl (C=O) groups excluding carboxylic acids is 1. The molecule has 1 aliphatic rings. The standard InChI is InChI=1S/C13H13Cl2NO3S/c14-8-1-2-10(15)11(5-8)20-6-12(17)16-9-3-7(4-9)13(18)19/h1-2,5,7,9H,3-4,6H2,(H,16,17)(H,18,19). The van der Waals surface area contributed by atoms with Crippen molar-refractivity contribution in [2.75, 3.05) is 5.75 Å². The van der Waals surface area contributed by atoms with Crippen LogP contribution in [0.2, 0.25) is 10.0 Å². The average Bonchev–Trinajstić information content (AvgIpc) is 2.34. The van der Waals surface area contributed by atoms with Gasteiger partial charge in [-0.15, -0.1) is 11.8 Å². The first-order valence-corrected chi connectivity index (χ1v) is 7.80. The fourth-order valence-electron chi connectivity index (χ4n) is 1.94. The van der Waals surface area contributed by atoms with Gasteiger partial charge >= 0.3 is 5.97 Å². The van der Waals surface area contributed by atoms with E-state index >= 15 is 0 Å². The van der Waals surface area contributed by atoms with Crippen LogP contribution in [0.4, 0.5) is 0 Å². The number of amides is 1. The number of hydrogen-bond donors (Lipinski definition) is 2. The van der Waals surface area contributed by atoms with Gasteiger partial charge in [-0.25, -0.2) is 0 Å². The Morgan fingerprint density at radius 2 is 2.05 bits per heavy atom. The Kier molecular flexibility index (Phi) is 5.18. The molecule has 4 nitrogen and oxygen atoms in total. The van der Waals surface area contributed by atoms with Gasteiger partial charge in [-0.05, 0) is 31.0 Å². The minimum absolute atomic E-state index is 0.0287. The minimum Gasteiger partial charge on any atom is -0.481 e. The van der Waals surface area contributed by atoms with Crippen molar-refractivity contribution >= 4 is 46.8 Å². The summed E-state index contributed by atoms with van der Waals surface area (Å²) in [6.07, 6.45) is 1.01. The molecular formula is C13H13Cl2NO3S. The Hall–Kier alpha value is -0.910. The normalized spacial score (nSPS) is 21.1. The summed E-state index contributed by atoms with van der Waals surface area (Å²) in [4.78, 5) is 23.1. The van der Waals surface area contributed by atoms with E-state index < -0.39 is 5.97 Å². The summed E-state index contributed by atoms with van der Waals surface area (Å²) in [5, 5.41) is 12.7. The second kappa shape index (κ2) is 6.70. The molecule has 0 aliphatic heterocycles. The third-order valence-electron chi connectivity index (χ3n) is 3.10. The zero-order valence-corrected chi connectivity index (χ0v) is 12.8. The van der Waals surface area contributed by atoms with E-state index in [2.05, 4.69) is 5.32 Å². The molecule has 0 spiro atoms. The summed E-state index contributed by atoms with van der Waals surface area (Å²) in [6.45, 7) is 0. The number of aliphatic carboxylic acids is 1. The SMILES string of the molecule is O=C(CSc1cc(Cl)ccc1Cl)NC1CC(C(=O)O)C1. The number of rotatable bonds is 5. The van der Waals surface area contributed by atoms with Crippen LogP contribution in [0.5, 0.6) is 0 Å². The van der Waals surface area contributed by atoms with Gasteiger partial charge in [-0.1, -0.05) is 23.2 Å². The second-order valence-corrected chi connectivity index (χ2v) is 6.50. The van der Waals surface area contributed by atoms with E-state index in [9.17, 15) is 9.59 Å². The summed E-state index contributed by atoms with van der Waals surface area (Å²) >= 11 is 13.2. The molecule has 1 fully saturated rings. The molecule has 0 bridgehead atoms. The lowest BCUT2D eigenvalue weighted by atomic mass is 9.80. The van der Waals surface area contributed by atoms with Crippen LogP contribution in [-0.4, -0.2) is 28.8 Å². The summed E-state index contributed by atoms with van der Waals surface area (Å²) in [5.74, 6) is -1.01. The van der Waals surface area contributed by atoms with Gasteiger partial charge in [0.05, 0.1) is 16.7 Å². The van der Waals surface area contributed by atoms with Crippen LogP contribution in [0.15, 0.2) is 23.1 Å². The Morgan fingerprint density at radius 3 is 2.70 bits per heavy atom. The van der Waals surface area contributed by atoms with Crippen LogP contribution in [0.3, 0.4) is 0 Å². The summed E-state index contributed by atoms with van der Waals surface area (Å²) < 4.78 is 0. The molecule has 2 N–H and O–H groups in total. The molecule has 0 unspecified atom stereocenters. The van der Waals surface area contributed by atoms with Crippen molar-refractivity contribution in [3.63, 3.8) is 0 Å². The van der Waals surface area contributed by atoms with E-state index in [1.807, 2.05) is 0 Å². The van der Waals surface area contributed by atoms with Crippen LogP contribution < -0.4 is 5.32 Å². The molecule has 1 amide bonds. The quantitative estimate of drug-likeness (QED) is 0.812. The number of carboxylic acids is 1. The molecule has 1 aliphatic carbocycles. The fourth-order valence-corrected chi connectivity index (χ4v) is 3.24. The molecule has 1 aromatic rings. The predicted molar refractivity (Wildman–Crippen MR) is 79.5 cm³/mol. The lowest BCUT2D eigenvalue weighted by Crippen LogP contribution is -2.47. The number of hydrogen-bond acceptors (Lipinski definition) is 3. The van der Waals surface area contributed by atoms with E-state index in [1.165, 1.54) is 11.8 Å². The zero-order chi connectivity index (χ0) is 14.7. The highest BCUT2D eigenvalue weighted by Gasteiger charge is 2.35. The Morgan fingerprint density at radius 1 is 1.35 bits per heavy atom. The van der Waals surface area contributed by atoms with Gasteiger partial charge in [0.1, 0.15) is 0 Å². The Bertz CT molecular complexity index is 532. The van der Waals surface area contributed by atoms with Gasteiger partial charge in [0.15, 0.2) is 0 Å². The third-order valence-corrected chi connectivity index (χ3v) is 4.84. The van der Waals surface area contributed by atoms with Gasteiger partial charge in [-0.3, -0.25) is 9.59 Å². The van der Waals surface area contributed by atoms with Crippen molar-refractivity contribution in [2.24, 2.45) is 5.92 Å². The largest absolute Gasteiger partial charge is 0.481 e. The first-order chi connectivity index (χ1) is 9.45. The molecule has 108 valence electrons. The Labute approximate surface area is 130 Å². The maximum absolute atomic E-state index is 11.7. The molecule has 1 aromatic carbocycles. The van der Waals surface area contributed by atoms with Gasteiger partial charge in [0.25, 0.3) is 0 Å². The van der Waals surface area contributed by atoms with Crippen molar-refractivity contribution in [3.8, 4) is 0 Å². The fraction of sp³-hybridized carbons (Fsp3) is 0.385. The third kappa shape index (κ3) is 4.04. The highest BCUT2D eigenvalue weighted by Crippen LogP contribution is 2.30. The second-order valence-electron chi connectivity index (χ2n) is 4.63. The van der Waals surface area contributed by atoms with Crippen molar-refractivity contribution in [2.45, 2.75) is 23.8 Å². The molecule has 0 radical (unpaired) electrons. The van der Waals surface area contributed by atoms with E-state index in [0.29, 0.717) is 22.9 Å². The van der Waals surface area contributed by atoms with Crippen LogP contribution in [0, 0.1) is 5.92 Å². The number of nitrogens with one attached hydrogen (secondary N) is 1. The van der Waals surface area contributed by atoms with Crippen molar-refractivity contribution in [3.05, 3.63) is 28.2 Å². The van der Waals surface area contributed by atoms with Gasteiger partial charge in [0, 0.05) is 16.0 Å². The van der Waals surface area contributed by atoms with E-state index in [-0.39, 0.29) is 23.6 Å². The van der Waals surface area contributed by atoms with Gasteiger partial charge in [0.2, 0.25) is 5.91 Å². The van der Waals surface area contributed by atoms with Crippen LogP contribution >= 0.6 is 35.0 Å². The summed E-state index contributed by atoms with van der Waals surface area (Å²) in [6, 6.07) is 5.06. The highest BCUT2D eigenvalue weighted by atomic mass is 35.5. The highest BCUT2D eigenvalue weighted by molar-refractivity contribution is 8.00. The number of benzene rings is 1. The monoisotopic (exact) mass is 333 g/mol. The van der Waals surface area contributed by atoms with Crippen LogP contribution in [0.25, 0.3) is 0 Å². The molecule has 7 heteroatoms. The predicted octanol–water partition coefficient (Wildman–Crippen LogP) is 3.06. The maximum atomic E-state index is 11.7. The van der Waals surface area contributed by atoms with Crippen molar-refractivity contribution in [1.82, 2.24) is 5.32 Å². The van der Waals surface area contributed by atoms with Gasteiger partial charge in [-0.2, -0.15) is 0 Å². The molecule has 2 rings (SSSR count). The number of carboxylic acid groups (broad SMARTS) is 1. The van der Waals surface area contributed by atoms with Crippen LogP contribution in [-0.2, 0) is 9.59 Å². The molecule has 0 saturated heterocycles. The van der Waals surface area contributed by atoms with E-state index in [1.54, 1.807) is 18.2 Å². The lowest BCUT2D eigenvalue weighted by Gasteiger charge is -2.32. The van der Waals surface area contributed by atoms with Gasteiger partial charge < -0.3 is 10.4 Å². The molecule has 0 atom stereocenters. The first kappa shape index (κ1) is 15.5. The maximum Gasteiger partial charge on any atom is 0.306 e. The lowest BCUT2D eigenvalue weighted by molar-refractivity contribution is -0.146. The number of carbonyl (C=O) groups is 2. The molecule has 0 heterocycles. The number of halogens is 2. The van der Waals surface area contributed by atoms with Crippen molar-refractivity contribution in [1.29, 1.82) is 0 Å². The smallest absolute Gasteiger partial charge is 0.306 e. The van der Waals surface area contributed by atoms with E-state index in [4.69, 9.17) is 28.3 Å². The summed E-state index contributed by atoms with van der Waals surface area (Å²) in [7, 11) is 0. The number of thioether (sulfide) groups is 1.